The van der Waals surface area contributed by atoms with Gasteiger partial charge in [0.1, 0.15) is 0 Å². The summed E-state index contributed by atoms with van der Waals surface area (Å²) in [5.41, 5.74) is 10.1. The van der Waals surface area contributed by atoms with Crippen LogP contribution in [0.15, 0.2) is 48.3 Å². The number of nitrogens with one attached hydrogen (secondary N) is 3. The minimum atomic E-state index is -1.15. The minimum absolute atomic E-state index is 0.0480. The fraction of sp³-hybridized carbons (Fsp3) is 0.261. The molecule has 1 atom stereocenters. The molecule has 2 aromatic rings. The molecule has 0 bridgehead atoms. The van der Waals surface area contributed by atoms with Gasteiger partial charge in [0, 0.05) is 29.6 Å². The first-order chi connectivity index (χ1) is 16.7. The van der Waals surface area contributed by atoms with Crippen LogP contribution in [-0.2, 0) is 22.4 Å². The molecule has 0 saturated heterocycles. The van der Waals surface area contributed by atoms with E-state index in [4.69, 9.17) is 16.8 Å². The number of hydrazine groups is 1. The number of amides is 3. The average Bonchev–Trinajstić information content (AvgIpc) is 2.83. The number of aryl methyl sites for hydroxylation is 1. The van der Waals surface area contributed by atoms with Gasteiger partial charge in [-0.25, -0.2) is 20.1 Å². The molecule has 0 aromatic heterocycles. The molecule has 2 aromatic carbocycles. The van der Waals surface area contributed by atoms with E-state index in [1.165, 1.54) is 11.2 Å². The molecule has 1 heterocycles. The number of halogens is 2. The Balaban J connectivity index is 1.67. The maximum atomic E-state index is 13.3. The number of carbonyl (C=O) groups is 3. The summed E-state index contributed by atoms with van der Waals surface area (Å²) in [5, 5.41) is 15.4. The number of nitrogens with two attached hydrogens (primary N) is 2. The summed E-state index contributed by atoms with van der Waals surface area (Å²) in [6, 6.07) is 7.64. The molecule has 8 N–H and O–H groups in total. The number of hydrogen-bond acceptors (Lipinski definition) is 7. The molecular formula is C23H26F2N6O4. The van der Waals surface area contributed by atoms with Gasteiger partial charge in [0.2, 0.25) is 11.8 Å². The zero-order chi connectivity index (χ0) is 25.5. The number of carbonyl (C=O) groups excluding carboxylic acids is 3. The molecule has 35 heavy (non-hydrogen) atoms. The lowest BCUT2D eigenvalue weighted by Crippen LogP contribution is -2.42. The van der Waals surface area contributed by atoms with Crippen molar-refractivity contribution in [3.05, 3.63) is 76.6 Å². The van der Waals surface area contributed by atoms with E-state index in [9.17, 15) is 23.2 Å². The molecule has 1 aliphatic heterocycles. The van der Waals surface area contributed by atoms with Gasteiger partial charge in [-0.1, -0.05) is 12.1 Å². The van der Waals surface area contributed by atoms with E-state index in [0.29, 0.717) is 19.3 Å². The third kappa shape index (κ3) is 6.98. The lowest BCUT2D eigenvalue weighted by Gasteiger charge is -2.27. The summed E-state index contributed by atoms with van der Waals surface area (Å²) in [6.45, 7) is -0.150. The van der Waals surface area contributed by atoms with Gasteiger partial charge in [0.25, 0.3) is 5.91 Å². The second kappa shape index (κ2) is 11.4. The number of rotatable bonds is 9. The van der Waals surface area contributed by atoms with Crippen LogP contribution in [-0.4, -0.2) is 40.5 Å². The highest BCUT2D eigenvalue weighted by molar-refractivity contribution is 5.94. The first kappa shape index (κ1) is 25.6. The van der Waals surface area contributed by atoms with Crippen LogP contribution in [0.1, 0.15) is 34.3 Å². The summed E-state index contributed by atoms with van der Waals surface area (Å²) < 4.78 is 26.4. The van der Waals surface area contributed by atoms with Crippen molar-refractivity contribution in [1.82, 2.24) is 15.8 Å². The van der Waals surface area contributed by atoms with Crippen molar-refractivity contribution < 1.29 is 28.4 Å². The quantitative estimate of drug-likeness (QED) is 0.175. The van der Waals surface area contributed by atoms with Gasteiger partial charge in [-0.15, -0.1) is 0 Å². The highest BCUT2D eigenvalue weighted by atomic mass is 19.2. The molecule has 10 nitrogen and oxygen atoms in total. The van der Waals surface area contributed by atoms with Crippen LogP contribution >= 0.6 is 0 Å². The molecule has 12 heteroatoms. The third-order valence-electron chi connectivity index (χ3n) is 5.45. The summed E-state index contributed by atoms with van der Waals surface area (Å²) in [7, 11) is 0. The molecule has 186 valence electrons. The van der Waals surface area contributed by atoms with E-state index in [1.807, 2.05) is 6.07 Å². The molecule has 0 unspecified atom stereocenters. The molecular weight excluding hydrogens is 462 g/mol. The standard InChI is InChI=1S/C23H26F2N6O4/c24-18-4-2-15(9-19(18)25)23(34)28-11-16(26)12-31(27)17(10-22(33)30-35)8-13-1-5-20-14(7-13)3-6-21(32)29-20/h1-2,4-5,7,9,12,17,35H,3,6,8,10-11,26-27H2,(H,28,34)(H,29,32)(H,30,33)/b16-12-/t17-/m1/s1. The van der Waals surface area contributed by atoms with Crippen LogP contribution in [0, 0.1) is 11.6 Å². The van der Waals surface area contributed by atoms with Gasteiger partial charge >= 0.3 is 0 Å². The first-order valence-electron chi connectivity index (χ1n) is 10.7. The molecule has 1 aliphatic rings. The van der Waals surface area contributed by atoms with E-state index in [1.54, 1.807) is 17.6 Å². The van der Waals surface area contributed by atoms with E-state index in [0.717, 1.165) is 35.0 Å². The number of nitrogens with zero attached hydrogens (tertiary/aromatic N) is 1. The van der Waals surface area contributed by atoms with Crippen molar-refractivity contribution in [3.8, 4) is 0 Å². The van der Waals surface area contributed by atoms with E-state index < -0.39 is 29.5 Å². The number of benzene rings is 2. The SMILES string of the molecule is N/C(=C\N(N)[C@@H](CC(=O)NO)Cc1ccc2c(c1)CCC(=O)N2)CNC(=O)c1ccc(F)c(F)c1. The van der Waals surface area contributed by atoms with E-state index >= 15 is 0 Å². The van der Waals surface area contributed by atoms with Crippen molar-refractivity contribution in [3.63, 3.8) is 0 Å². The van der Waals surface area contributed by atoms with Gasteiger partial charge in [-0.3, -0.25) is 19.6 Å². The molecule has 0 aliphatic carbocycles. The second-order valence-electron chi connectivity index (χ2n) is 8.10. The topological polar surface area (TPSA) is 163 Å². The fourth-order valence-electron chi connectivity index (χ4n) is 3.64. The van der Waals surface area contributed by atoms with Crippen LogP contribution in [0.5, 0.6) is 0 Å². The fourth-order valence-corrected chi connectivity index (χ4v) is 3.64. The first-order valence-corrected chi connectivity index (χ1v) is 10.7. The molecule has 0 radical (unpaired) electrons. The van der Waals surface area contributed by atoms with Crippen LogP contribution < -0.4 is 27.7 Å². The Labute approximate surface area is 199 Å². The maximum absolute atomic E-state index is 13.3. The van der Waals surface area contributed by atoms with Crippen molar-refractivity contribution in [2.45, 2.75) is 31.7 Å². The Morgan fingerprint density at radius 2 is 1.94 bits per heavy atom. The van der Waals surface area contributed by atoms with Gasteiger partial charge in [-0.05, 0) is 48.2 Å². The van der Waals surface area contributed by atoms with E-state index in [2.05, 4.69) is 10.6 Å². The normalized spacial score (nSPS) is 13.9. The van der Waals surface area contributed by atoms with Crippen molar-refractivity contribution in [2.75, 3.05) is 11.9 Å². The Kier molecular flexibility index (Phi) is 8.34. The number of anilines is 1. The van der Waals surface area contributed by atoms with Crippen LogP contribution in [0.3, 0.4) is 0 Å². The van der Waals surface area contributed by atoms with Crippen LogP contribution in [0.4, 0.5) is 14.5 Å². The van der Waals surface area contributed by atoms with Gasteiger partial charge in [-0.2, -0.15) is 0 Å². The smallest absolute Gasteiger partial charge is 0.251 e. The van der Waals surface area contributed by atoms with Gasteiger partial charge in [0.15, 0.2) is 11.6 Å². The van der Waals surface area contributed by atoms with Crippen LogP contribution in [0.2, 0.25) is 0 Å². The van der Waals surface area contributed by atoms with Gasteiger partial charge < -0.3 is 21.4 Å². The zero-order valence-electron chi connectivity index (χ0n) is 18.7. The summed E-state index contributed by atoms with van der Waals surface area (Å²) >= 11 is 0. The van der Waals surface area contributed by atoms with Crippen molar-refractivity contribution in [2.24, 2.45) is 11.6 Å². The minimum Gasteiger partial charge on any atom is -0.399 e. The number of hydrogen-bond donors (Lipinski definition) is 6. The lowest BCUT2D eigenvalue weighted by molar-refractivity contribution is -0.130. The Morgan fingerprint density at radius 1 is 1.17 bits per heavy atom. The molecule has 3 amide bonds. The summed E-state index contributed by atoms with van der Waals surface area (Å²) in [4.78, 5) is 35.6. The lowest BCUT2D eigenvalue weighted by atomic mass is 9.96. The van der Waals surface area contributed by atoms with Crippen LogP contribution in [0.25, 0.3) is 0 Å². The molecule has 0 spiro atoms. The second-order valence-corrected chi connectivity index (χ2v) is 8.10. The average molecular weight is 488 g/mol. The largest absolute Gasteiger partial charge is 0.399 e. The molecule has 3 rings (SSSR count). The molecule has 0 fully saturated rings. The third-order valence-corrected chi connectivity index (χ3v) is 5.45. The number of fused-ring (bicyclic) bond motifs is 1. The zero-order valence-corrected chi connectivity index (χ0v) is 18.7. The summed E-state index contributed by atoms with van der Waals surface area (Å²) in [6.07, 6.45) is 2.46. The number of hydroxylamine groups is 1. The highest BCUT2D eigenvalue weighted by Crippen LogP contribution is 2.25. The Bertz CT molecular complexity index is 1160. The maximum Gasteiger partial charge on any atom is 0.251 e. The molecule has 0 saturated carbocycles. The van der Waals surface area contributed by atoms with E-state index in [-0.39, 0.29) is 30.1 Å². The monoisotopic (exact) mass is 488 g/mol. The van der Waals surface area contributed by atoms with Crippen molar-refractivity contribution >= 4 is 23.4 Å². The Morgan fingerprint density at radius 3 is 2.66 bits per heavy atom. The van der Waals surface area contributed by atoms with Gasteiger partial charge in [0.05, 0.1) is 19.0 Å². The predicted octanol–water partition coefficient (Wildman–Crippen LogP) is 1.06. The highest BCUT2D eigenvalue weighted by Gasteiger charge is 2.21. The predicted molar refractivity (Wildman–Crippen MR) is 122 cm³/mol. The van der Waals surface area contributed by atoms with Crippen molar-refractivity contribution in [1.29, 1.82) is 0 Å². The Hall–Kier alpha value is -4.03. The summed E-state index contributed by atoms with van der Waals surface area (Å²) in [5.74, 6) is 2.55.